The van der Waals surface area contributed by atoms with Crippen molar-refractivity contribution in [3.63, 3.8) is 0 Å². The van der Waals surface area contributed by atoms with E-state index in [0.29, 0.717) is 18.3 Å². The third-order valence-electron chi connectivity index (χ3n) is 3.88. The average Bonchev–Trinajstić information content (AvgIpc) is 3.01. The Bertz CT molecular complexity index is 328. The number of likely N-dealkylation sites (tertiary alicyclic amines) is 1. The number of amides is 2. The van der Waals surface area contributed by atoms with E-state index in [0.717, 1.165) is 26.1 Å². The summed E-state index contributed by atoms with van der Waals surface area (Å²) < 4.78 is 0. The molecule has 1 atom stereocenters. The number of nitrogens with zero attached hydrogens (tertiary/aromatic N) is 2. The number of carbonyl (C=O) groups excluding carboxylic acids is 1. The molecular formula is C13H22N2O3. The highest BCUT2D eigenvalue weighted by atomic mass is 16.4. The van der Waals surface area contributed by atoms with E-state index in [2.05, 4.69) is 0 Å². The van der Waals surface area contributed by atoms with Gasteiger partial charge in [-0.05, 0) is 37.5 Å². The van der Waals surface area contributed by atoms with Crippen LogP contribution in [0, 0.1) is 11.8 Å². The van der Waals surface area contributed by atoms with Crippen molar-refractivity contribution >= 4 is 12.0 Å². The van der Waals surface area contributed by atoms with Crippen LogP contribution in [0.5, 0.6) is 0 Å². The highest BCUT2D eigenvalue weighted by molar-refractivity contribution is 5.74. The molecule has 1 N–H and O–H groups in total. The molecule has 1 saturated carbocycles. The second kappa shape index (κ2) is 5.59. The molecular weight excluding hydrogens is 232 g/mol. The van der Waals surface area contributed by atoms with Crippen LogP contribution < -0.4 is 0 Å². The zero-order valence-electron chi connectivity index (χ0n) is 11.0. The number of carboxylic acids is 1. The molecule has 2 rings (SSSR count). The third kappa shape index (κ3) is 3.62. The van der Waals surface area contributed by atoms with Crippen molar-refractivity contribution in [2.24, 2.45) is 11.8 Å². The Labute approximate surface area is 108 Å². The van der Waals surface area contributed by atoms with Crippen LogP contribution >= 0.6 is 0 Å². The molecule has 2 fully saturated rings. The van der Waals surface area contributed by atoms with Crippen molar-refractivity contribution in [2.75, 3.05) is 26.7 Å². The molecule has 0 radical (unpaired) electrons. The number of hydrogen-bond donors (Lipinski definition) is 1. The van der Waals surface area contributed by atoms with Crippen LogP contribution in [0.15, 0.2) is 0 Å². The molecule has 1 saturated heterocycles. The van der Waals surface area contributed by atoms with Crippen LogP contribution in [0.4, 0.5) is 4.79 Å². The van der Waals surface area contributed by atoms with Crippen LogP contribution in [0.25, 0.3) is 0 Å². The van der Waals surface area contributed by atoms with Crippen molar-refractivity contribution in [1.29, 1.82) is 0 Å². The molecule has 0 spiro atoms. The van der Waals surface area contributed by atoms with Gasteiger partial charge in [-0.25, -0.2) is 4.79 Å². The molecule has 5 nitrogen and oxygen atoms in total. The SMILES string of the molecule is CN(CC1CC1)C(=O)N1CCC(CCC(=O)O)C1. The molecule has 5 heteroatoms. The summed E-state index contributed by atoms with van der Waals surface area (Å²) in [4.78, 5) is 26.3. The molecule has 18 heavy (non-hydrogen) atoms. The molecule has 2 amide bonds. The largest absolute Gasteiger partial charge is 0.481 e. The first-order chi connectivity index (χ1) is 8.56. The number of urea groups is 1. The van der Waals surface area contributed by atoms with Crippen LogP contribution in [-0.2, 0) is 4.79 Å². The number of hydrogen-bond acceptors (Lipinski definition) is 2. The van der Waals surface area contributed by atoms with Crippen molar-refractivity contribution in [3.8, 4) is 0 Å². The smallest absolute Gasteiger partial charge is 0.319 e. The minimum absolute atomic E-state index is 0.111. The summed E-state index contributed by atoms with van der Waals surface area (Å²) in [6, 6.07) is 0.111. The second-order valence-corrected chi connectivity index (χ2v) is 5.64. The summed E-state index contributed by atoms with van der Waals surface area (Å²) in [5.74, 6) is 0.328. The number of rotatable bonds is 5. The summed E-state index contributed by atoms with van der Waals surface area (Å²) in [6.45, 7) is 2.37. The van der Waals surface area contributed by atoms with E-state index < -0.39 is 5.97 Å². The molecule has 1 aliphatic carbocycles. The maximum atomic E-state index is 12.1. The van der Waals surface area contributed by atoms with Gasteiger partial charge in [-0.2, -0.15) is 0 Å². The van der Waals surface area contributed by atoms with Gasteiger partial charge >= 0.3 is 12.0 Å². The van der Waals surface area contributed by atoms with Crippen LogP contribution in [0.1, 0.15) is 32.1 Å². The van der Waals surface area contributed by atoms with Crippen molar-refractivity contribution in [1.82, 2.24) is 9.80 Å². The molecule has 1 aliphatic heterocycles. The standard InChI is InChI=1S/C13H22N2O3/c1-14(8-10-2-3-10)13(18)15-7-6-11(9-15)4-5-12(16)17/h10-11H,2-9H2,1H3,(H,16,17). The van der Waals surface area contributed by atoms with Crippen molar-refractivity contribution in [3.05, 3.63) is 0 Å². The molecule has 102 valence electrons. The van der Waals surface area contributed by atoms with E-state index in [4.69, 9.17) is 5.11 Å². The zero-order valence-corrected chi connectivity index (χ0v) is 11.0. The molecule has 0 aromatic heterocycles. The van der Waals surface area contributed by atoms with Gasteiger partial charge in [0.15, 0.2) is 0 Å². The fourth-order valence-corrected chi connectivity index (χ4v) is 2.58. The van der Waals surface area contributed by atoms with Gasteiger partial charge < -0.3 is 14.9 Å². The van der Waals surface area contributed by atoms with Gasteiger partial charge in [0, 0.05) is 33.1 Å². The van der Waals surface area contributed by atoms with Gasteiger partial charge in [-0.3, -0.25) is 4.79 Å². The zero-order chi connectivity index (χ0) is 13.1. The van der Waals surface area contributed by atoms with Gasteiger partial charge in [0.05, 0.1) is 0 Å². The Balaban J connectivity index is 1.73. The highest BCUT2D eigenvalue weighted by Gasteiger charge is 2.31. The fraction of sp³-hybridized carbons (Fsp3) is 0.846. The normalized spacial score (nSPS) is 23.2. The van der Waals surface area contributed by atoms with Crippen LogP contribution in [0.2, 0.25) is 0 Å². The Morgan fingerprint density at radius 2 is 2.00 bits per heavy atom. The number of carbonyl (C=O) groups is 2. The lowest BCUT2D eigenvalue weighted by Crippen LogP contribution is -2.40. The van der Waals surface area contributed by atoms with E-state index in [1.54, 1.807) is 0 Å². The Kier molecular flexibility index (Phi) is 4.09. The van der Waals surface area contributed by atoms with Gasteiger partial charge in [0.2, 0.25) is 0 Å². The first-order valence-electron chi connectivity index (χ1n) is 6.78. The maximum Gasteiger partial charge on any atom is 0.319 e. The number of carboxylic acid groups (broad SMARTS) is 1. The molecule has 1 heterocycles. The van der Waals surface area contributed by atoms with Gasteiger partial charge in [0.25, 0.3) is 0 Å². The van der Waals surface area contributed by atoms with E-state index in [1.165, 1.54) is 12.8 Å². The van der Waals surface area contributed by atoms with E-state index >= 15 is 0 Å². The highest BCUT2D eigenvalue weighted by Crippen LogP contribution is 2.30. The Morgan fingerprint density at radius 3 is 2.61 bits per heavy atom. The summed E-state index contributed by atoms with van der Waals surface area (Å²) in [6.07, 6.45) is 4.34. The van der Waals surface area contributed by atoms with E-state index in [-0.39, 0.29) is 12.5 Å². The van der Waals surface area contributed by atoms with Gasteiger partial charge in [0.1, 0.15) is 0 Å². The first-order valence-corrected chi connectivity index (χ1v) is 6.78. The summed E-state index contributed by atoms with van der Waals surface area (Å²) in [7, 11) is 1.87. The topological polar surface area (TPSA) is 60.9 Å². The monoisotopic (exact) mass is 254 g/mol. The predicted molar refractivity (Wildman–Crippen MR) is 67.3 cm³/mol. The molecule has 0 bridgehead atoms. The summed E-state index contributed by atoms with van der Waals surface area (Å²) in [5, 5.41) is 8.65. The lowest BCUT2D eigenvalue weighted by Gasteiger charge is -2.24. The minimum atomic E-state index is -0.745. The second-order valence-electron chi connectivity index (χ2n) is 5.64. The number of aliphatic carboxylic acids is 1. The van der Waals surface area contributed by atoms with Gasteiger partial charge in [-0.1, -0.05) is 0 Å². The van der Waals surface area contributed by atoms with Crippen molar-refractivity contribution in [2.45, 2.75) is 32.1 Å². The lowest BCUT2D eigenvalue weighted by atomic mass is 10.0. The van der Waals surface area contributed by atoms with E-state index in [1.807, 2.05) is 16.8 Å². The summed E-state index contributed by atoms with van der Waals surface area (Å²) >= 11 is 0. The molecule has 2 aliphatic rings. The lowest BCUT2D eigenvalue weighted by molar-refractivity contribution is -0.137. The Hall–Kier alpha value is -1.26. The van der Waals surface area contributed by atoms with Crippen molar-refractivity contribution < 1.29 is 14.7 Å². The third-order valence-corrected chi connectivity index (χ3v) is 3.88. The van der Waals surface area contributed by atoms with Crippen LogP contribution in [0.3, 0.4) is 0 Å². The van der Waals surface area contributed by atoms with Crippen LogP contribution in [-0.4, -0.2) is 53.6 Å². The van der Waals surface area contributed by atoms with E-state index in [9.17, 15) is 9.59 Å². The summed E-state index contributed by atoms with van der Waals surface area (Å²) in [5.41, 5.74) is 0. The minimum Gasteiger partial charge on any atom is -0.481 e. The molecule has 0 aromatic carbocycles. The first kappa shape index (κ1) is 13.2. The molecule has 1 unspecified atom stereocenters. The van der Waals surface area contributed by atoms with Gasteiger partial charge in [-0.15, -0.1) is 0 Å². The predicted octanol–water partition coefficient (Wildman–Crippen LogP) is 1.63. The maximum absolute atomic E-state index is 12.1. The average molecular weight is 254 g/mol. The quantitative estimate of drug-likeness (QED) is 0.811. The molecule has 0 aromatic rings. The Morgan fingerprint density at radius 1 is 1.28 bits per heavy atom. The fourth-order valence-electron chi connectivity index (χ4n) is 2.58.